The van der Waals surface area contributed by atoms with E-state index in [1.807, 2.05) is 0 Å². The average Bonchev–Trinajstić information content (AvgIpc) is 3.90. The fourth-order valence-corrected chi connectivity index (χ4v) is 5.23. The van der Waals surface area contributed by atoms with E-state index in [0.717, 1.165) is 17.8 Å². The van der Waals surface area contributed by atoms with Gasteiger partial charge in [0.1, 0.15) is 23.6 Å². The predicted molar refractivity (Wildman–Crippen MR) is 180 cm³/mol. The van der Waals surface area contributed by atoms with E-state index in [-0.39, 0.29) is 41.5 Å². The minimum atomic E-state index is -1.31. The van der Waals surface area contributed by atoms with Crippen molar-refractivity contribution in [2.45, 2.75) is 19.8 Å². The van der Waals surface area contributed by atoms with Crippen LogP contribution in [0, 0.1) is 17.0 Å². The molecule has 1 aromatic heterocycles. The Labute approximate surface area is 284 Å². The molecular weight excluding hydrogens is 660 g/mol. The normalized spacial score (nSPS) is 12.8. The number of methoxy groups -OCH3 is 1. The van der Waals surface area contributed by atoms with Gasteiger partial charge in [-0.15, -0.1) is 0 Å². The predicted octanol–water partition coefficient (Wildman–Crippen LogP) is 5.63. The van der Waals surface area contributed by atoms with Crippen LogP contribution in [0.1, 0.15) is 19.8 Å². The van der Waals surface area contributed by atoms with Crippen molar-refractivity contribution < 1.29 is 42.2 Å². The molecule has 4 N–H and O–H groups in total. The molecule has 4 aromatic rings. The summed E-state index contributed by atoms with van der Waals surface area (Å²) >= 11 is 1.13. The van der Waals surface area contributed by atoms with Gasteiger partial charge >= 0.3 is 6.03 Å². The molecule has 1 fully saturated rings. The first-order valence-electron chi connectivity index (χ1n) is 15.2. The van der Waals surface area contributed by atoms with Gasteiger partial charge in [0.15, 0.2) is 28.2 Å². The molecule has 49 heavy (non-hydrogen) atoms. The molecule has 0 radical (unpaired) electrons. The Balaban J connectivity index is 1.19. The van der Waals surface area contributed by atoms with Crippen molar-refractivity contribution >= 4 is 57.0 Å². The molecule has 4 amide bonds. The van der Waals surface area contributed by atoms with E-state index < -0.39 is 28.9 Å². The first kappa shape index (κ1) is 34.9. The third-order valence-electron chi connectivity index (χ3n) is 7.46. The number of nitrogens with one attached hydrogen (secondary N) is 4. The molecule has 0 aliphatic heterocycles. The lowest BCUT2D eigenvalue weighted by Crippen LogP contribution is -2.38. The first-order valence-corrected chi connectivity index (χ1v) is 16.2. The zero-order valence-electron chi connectivity index (χ0n) is 26.6. The summed E-state index contributed by atoms with van der Waals surface area (Å²) in [6.07, 6.45) is 2.12. The maximum atomic E-state index is 15.2. The Morgan fingerprint density at radius 2 is 1.53 bits per heavy atom. The number of aromatic nitrogens is 1. The number of nitrogens with zero attached hydrogens (tertiary/aromatic N) is 1. The molecule has 0 atom stereocenters. The lowest BCUT2D eigenvalue weighted by Gasteiger charge is -2.16. The molecule has 3 aromatic carbocycles. The molecule has 0 bridgehead atoms. The molecule has 1 aliphatic carbocycles. The van der Waals surface area contributed by atoms with Crippen LogP contribution < -0.4 is 35.5 Å². The minimum absolute atomic E-state index is 0.0189. The smallest absolute Gasteiger partial charge is 0.314 e. The van der Waals surface area contributed by atoms with E-state index in [0.29, 0.717) is 53.2 Å². The van der Waals surface area contributed by atoms with Crippen LogP contribution >= 0.6 is 11.8 Å². The standard InChI is InChI=1S/C34H33F2N5O7S/c1-20(42)49-16-14-39-33(45)38-13-15-47-30-19-26-24(18-29(30)46-2)27(9-12-37-26)48-28-8-7-23(17-25(28)36)41-32(44)34(10-11-34)31(43)40-22-5-3-21(35)4-6-22/h3-9,12,17-19H,10-11,13-16H2,1-2H3,(H,40,43)(H,41,44)(H2,38,39,45). The molecule has 1 aliphatic rings. The summed E-state index contributed by atoms with van der Waals surface area (Å²) < 4.78 is 45.6. The van der Waals surface area contributed by atoms with Crippen molar-refractivity contribution in [1.29, 1.82) is 0 Å². The second-order valence-corrected chi connectivity index (χ2v) is 12.2. The summed E-state index contributed by atoms with van der Waals surface area (Å²) in [4.78, 5) is 53.1. The van der Waals surface area contributed by atoms with Crippen LogP contribution in [0.3, 0.4) is 0 Å². The monoisotopic (exact) mass is 693 g/mol. The number of anilines is 2. The summed E-state index contributed by atoms with van der Waals surface area (Å²) in [5.74, 6) is -0.960. The quantitative estimate of drug-likeness (QED) is 0.0971. The van der Waals surface area contributed by atoms with Crippen LogP contribution in [-0.4, -0.2) is 60.5 Å². The average molecular weight is 694 g/mol. The highest BCUT2D eigenvalue weighted by atomic mass is 32.2. The fraction of sp³-hybridized carbons (Fsp3) is 0.265. The van der Waals surface area contributed by atoms with Gasteiger partial charge in [-0.1, -0.05) is 11.8 Å². The number of amides is 4. The van der Waals surface area contributed by atoms with Crippen LogP contribution in [0.5, 0.6) is 23.0 Å². The van der Waals surface area contributed by atoms with E-state index in [9.17, 15) is 23.6 Å². The molecule has 15 heteroatoms. The third-order valence-corrected chi connectivity index (χ3v) is 8.27. The number of pyridine rings is 1. The number of fused-ring (bicyclic) bond motifs is 1. The second kappa shape index (κ2) is 15.6. The van der Waals surface area contributed by atoms with Crippen LogP contribution in [0.4, 0.5) is 25.0 Å². The van der Waals surface area contributed by atoms with E-state index in [1.54, 1.807) is 18.2 Å². The third kappa shape index (κ3) is 8.93. The van der Waals surface area contributed by atoms with E-state index in [1.165, 1.54) is 56.6 Å². The molecule has 0 spiro atoms. The molecular formula is C34H33F2N5O7S. The van der Waals surface area contributed by atoms with Gasteiger partial charge in [-0.3, -0.25) is 19.4 Å². The van der Waals surface area contributed by atoms with Crippen molar-refractivity contribution in [2.75, 3.05) is 43.2 Å². The number of hydrogen-bond donors (Lipinski definition) is 4. The molecule has 256 valence electrons. The number of hydrogen-bond acceptors (Lipinski definition) is 9. The number of carbonyl (C=O) groups is 4. The highest BCUT2D eigenvalue weighted by molar-refractivity contribution is 8.13. The van der Waals surface area contributed by atoms with Crippen LogP contribution in [0.25, 0.3) is 10.9 Å². The number of carbonyl (C=O) groups excluding carboxylic acids is 4. The van der Waals surface area contributed by atoms with Gasteiger partial charge in [-0.05, 0) is 61.4 Å². The maximum absolute atomic E-state index is 15.2. The van der Waals surface area contributed by atoms with Gasteiger partial charge in [-0.2, -0.15) is 0 Å². The van der Waals surface area contributed by atoms with Gasteiger partial charge in [0.2, 0.25) is 11.8 Å². The summed E-state index contributed by atoms with van der Waals surface area (Å²) in [5, 5.41) is 11.0. The van der Waals surface area contributed by atoms with Gasteiger partial charge in [0.25, 0.3) is 0 Å². The molecule has 0 unspecified atom stereocenters. The van der Waals surface area contributed by atoms with Crippen LogP contribution in [-0.2, 0) is 14.4 Å². The molecule has 12 nitrogen and oxygen atoms in total. The fourth-order valence-electron chi connectivity index (χ4n) is 4.73. The molecule has 0 saturated heterocycles. The number of benzene rings is 3. The SMILES string of the molecule is COc1cc2c(Oc3ccc(NC(=O)C4(C(=O)Nc5ccc(F)cc5)CC4)cc3F)ccnc2cc1OCCNC(=O)NCCSC(C)=O. The van der Waals surface area contributed by atoms with Crippen LogP contribution in [0.2, 0.25) is 0 Å². The Morgan fingerprint density at radius 1 is 0.837 bits per heavy atom. The number of thioether (sulfide) groups is 1. The van der Waals surface area contributed by atoms with Crippen molar-refractivity contribution in [3.63, 3.8) is 0 Å². The number of rotatable bonds is 14. The van der Waals surface area contributed by atoms with Gasteiger partial charge < -0.3 is 35.5 Å². The summed E-state index contributed by atoms with van der Waals surface area (Å²) in [7, 11) is 1.46. The van der Waals surface area contributed by atoms with Gasteiger partial charge in [-0.25, -0.2) is 13.6 Å². The largest absolute Gasteiger partial charge is 0.493 e. The number of halogens is 2. The van der Waals surface area contributed by atoms with Crippen molar-refractivity contribution in [3.8, 4) is 23.0 Å². The van der Waals surface area contributed by atoms with Crippen molar-refractivity contribution in [1.82, 2.24) is 15.6 Å². The minimum Gasteiger partial charge on any atom is -0.493 e. The van der Waals surface area contributed by atoms with Crippen molar-refractivity contribution in [2.24, 2.45) is 5.41 Å². The van der Waals surface area contributed by atoms with E-state index >= 15 is 4.39 Å². The maximum Gasteiger partial charge on any atom is 0.314 e. The summed E-state index contributed by atoms with van der Waals surface area (Å²) in [6.45, 7) is 2.13. The zero-order chi connectivity index (χ0) is 35.0. The van der Waals surface area contributed by atoms with Crippen molar-refractivity contribution in [3.05, 3.63) is 78.5 Å². The molecule has 1 heterocycles. The molecule has 5 rings (SSSR count). The lowest BCUT2D eigenvalue weighted by molar-refractivity contribution is -0.131. The summed E-state index contributed by atoms with van der Waals surface area (Å²) in [5.41, 5.74) is -0.340. The van der Waals surface area contributed by atoms with Gasteiger partial charge in [0.05, 0.1) is 19.2 Å². The highest BCUT2D eigenvalue weighted by Crippen LogP contribution is 2.47. The Bertz CT molecular complexity index is 1870. The second-order valence-electron chi connectivity index (χ2n) is 10.9. The highest BCUT2D eigenvalue weighted by Gasteiger charge is 2.56. The summed E-state index contributed by atoms with van der Waals surface area (Å²) in [6, 6.07) is 13.6. The first-order chi connectivity index (χ1) is 23.6. The lowest BCUT2D eigenvalue weighted by atomic mass is 10.0. The number of urea groups is 1. The Kier molecular flexibility index (Phi) is 11.1. The number of ether oxygens (including phenoxy) is 3. The van der Waals surface area contributed by atoms with E-state index in [2.05, 4.69) is 26.3 Å². The topological polar surface area (TPSA) is 157 Å². The van der Waals surface area contributed by atoms with Crippen LogP contribution in [0.15, 0.2) is 66.9 Å². The molecule has 1 saturated carbocycles. The van der Waals surface area contributed by atoms with E-state index in [4.69, 9.17) is 14.2 Å². The van der Waals surface area contributed by atoms with Gasteiger partial charge in [0, 0.05) is 54.3 Å². The Hall–Kier alpha value is -5.44. The Morgan fingerprint density at radius 3 is 2.20 bits per heavy atom. The zero-order valence-corrected chi connectivity index (χ0v) is 27.4.